The zero-order valence-corrected chi connectivity index (χ0v) is 18.0. The third-order valence-electron chi connectivity index (χ3n) is 4.37. The van der Waals surface area contributed by atoms with Crippen LogP contribution in [0.5, 0.6) is 5.75 Å². The Labute approximate surface area is 179 Å². The van der Waals surface area contributed by atoms with Crippen molar-refractivity contribution in [2.75, 3.05) is 19.0 Å². The van der Waals surface area contributed by atoms with E-state index in [1.165, 1.54) is 16.7 Å². The summed E-state index contributed by atoms with van der Waals surface area (Å²) in [5, 5.41) is 3.32. The highest BCUT2D eigenvalue weighted by molar-refractivity contribution is 8.15. The van der Waals surface area contributed by atoms with Crippen molar-refractivity contribution in [2.45, 2.75) is 25.5 Å². The highest BCUT2D eigenvalue weighted by atomic mass is 35.5. The molecule has 0 unspecified atom stereocenters. The summed E-state index contributed by atoms with van der Waals surface area (Å²) in [6, 6.07) is 12.6. The number of rotatable bonds is 5. The van der Waals surface area contributed by atoms with Gasteiger partial charge in [-0.15, -0.1) is 0 Å². The van der Waals surface area contributed by atoms with Gasteiger partial charge in [-0.2, -0.15) is 0 Å². The van der Waals surface area contributed by atoms with Gasteiger partial charge in [0, 0.05) is 24.2 Å². The van der Waals surface area contributed by atoms with Crippen molar-refractivity contribution in [1.29, 1.82) is 0 Å². The van der Waals surface area contributed by atoms with Crippen LogP contribution in [0.4, 0.5) is 11.4 Å². The zero-order chi connectivity index (χ0) is 21.0. The van der Waals surface area contributed by atoms with Gasteiger partial charge in [-0.1, -0.05) is 29.4 Å². The first-order chi connectivity index (χ1) is 13.9. The predicted molar refractivity (Wildman–Crippen MR) is 118 cm³/mol. The number of carbonyl (C=O) groups is 2. The summed E-state index contributed by atoms with van der Waals surface area (Å²) >= 11 is 7.39. The topological polar surface area (TPSA) is 71.0 Å². The number of halogens is 1. The molecule has 152 valence electrons. The Balaban J connectivity index is 1.75. The average Bonchev–Trinajstić information content (AvgIpc) is 2.69. The maximum Gasteiger partial charge on any atom is 0.238 e. The molecule has 1 heterocycles. The summed E-state index contributed by atoms with van der Waals surface area (Å²) in [4.78, 5) is 31.1. The fourth-order valence-corrected chi connectivity index (χ4v) is 3.93. The maximum atomic E-state index is 12.7. The fourth-order valence-electron chi connectivity index (χ4n) is 2.69. The second kappa shape index (κ2) is 9.33. The van der Waals surface area contributed by atoms with Gasteiger partial charge in [0.1, 0.15) is 11.0 Å². The van der Waals surface area contributed by atoms with Gasteiger partial charge >= 0.3 is 0 Å². The van der Waals surface area contributed by atoms with Gasteiger partial charge in [0.05, 0.1) is 12.3 Å². The molecule has 2 aromatic rings. The van der Waals surface area contributed by atoms with Crippen LogP contribution in [-0.4, -0.2) is 40.8 Å². The van der Waals surface area contributed by atoms with Gasteiger partial charge < -0.3 is 10.1 Å². The lowest BCUT2D eigenvalue weighted by Crippen LogP contribution is -2.43. The number of hydrogen-bond donors (Lipinski definition) is 1. The first-order valence-corrected chi connectivity index (χ1v) is 10.4. The minimum atomic E-state index is -0.569. The number of aryl methyl sites for hydroxylation is 1. The quantitative estimate of drug-likeness (QED) is 0.748. The van der Waals surface area contributed by atoms with E-state index < -0.39 is 5.25 Å². The van der Waals surface area contributed by atoms with E-state index in [1.54, 1.807) is 19.2 Å². The van der Waals surface area contributed by atoms with E-state index >= 15 is 0 Å². The number of benzene rings is 2. The molecule has 2 amide bonds. The van der Waals surface area contributed by atoms with Crippen LogP contribution in [0.25, 0.3) is 0 Å². The largest absolute Gasteiger partial charge is 0.494 e. The Morgan fingerprint density at radius 1 is 1.31 bits per heavy atom. The number of ether oxygens (including phenoxy) is 1. The number of anilines is 1. The number of thioether (sulfide) groups is 1. The van der Waals surface area contributed by atoms with Gasteiger partial charge in [0.25, 0.3) is 0 Å². The molecule has 29 heavy (non-hydrogen) atoms. The lowest BCUT2D eigenvalue weighted by atomic mass is 10.2. The molecule has 0 bridgehead atoms. The molecule has 0 radical (unpaired) electrons. The number of carbonyl (C=O) groups excluding carboxylic acids is 2. The van der Waals surface area contributed by atoms with E-state index in [0.29, 0.717) is 28.2 Å². The first kappa shape index (κ1) is 21.2. The van der Waals surface area contributed by atoms with Crippen LogP contribution in [0.15, 0.2) is 47.5 Å². The highest BCUT2D eigenvalue weighted by Gasteiger charge is 2.34. The molecule has 6 nitrogen and oxygen atoms in total. The van der Waals surface area contributed by atoms with E-state index in [0.717, 1.165) is 11.3 Å². The van der Waals surface area contributed by atoms with Crippen LogP contribution in [0, 0.1) is 6.92 Å². The summed E-state index contributed by atoms with van der Waals surface area (Å²) in [7, 11) is 1.66. The van der Waals surface area contributed by atoms with E-state index in [4.69, 9.17) is 16.3 Å². The third-order valence-corrected chi connectivity index (χ3v) is 6.02. The van der Waals surface area contributed by atoms with Crippen LogP contribution < -0.4 is 10.1 Å². The van der Waals surface area contributed by atoms with E-state index in [9.17, 15) is 9.59 Å². The van der Waals surface area contributed by atoms with Gasteiger partial charge in [0.2, 0.25) is 11.8 Å². The summed E-state index contributed by atoms with van der Waals surface area (Å²) in [5.41, 5.74) is 2.21. The summed E-state index contributed by atoms with van der Waals surface area (Å²) in [5.74, 6) is 0.345. The normalized spacial score (nSPS) is 18.1. The molecule has 2 aromatic carbocycles. The van der Waals surface area contributed by atoms with Crippen LogP contribution in [-0.2, 0) is 9.59 Å². The van der Waals surface area contributed by atoms with Crippen LogP contribution in [0.2, 0.25) is 5.02 Å². The number of hydrogen-bond acceptors (Lipinski definition) is 5. The number of nitrogens with zero attached hydrogens (tertiary/aromatic N) is 2. The van der Waals surface area contributed by atoms with E-state index in [1.807, 2.05) is 44.2 Å². The number of amidine groups is 1. The van der Waals surface area contributed by atoms with Crippen molar-refractivity contribution in [3.63, 3.8) is 0 Å². The molecule has 3 rings (SSSR count). The molecule has 0 aliphatic carbocycles. The minimum Gasteiger partial charge on any atom is -0.494 e. The summed E-state index contributed by atoms with van der Waals surface area (Å²) < 4.78 is 5.43. The average molecular weight is 432 g/mol. The molecule has 1 atom stereocenters. The molecular formula is C21H22ClN3O3S. The van der Waals surface area contributed by atoms with Crippen molar-refractivity contribution in [3.8, 4) is 5.75 Å². The molecular weight excluding hydrogens is 410 g/mol. The Morgan fingerprint density at radius 2 is 2.03 bits per heavy atom. The second-order valence-electron chi connectivity index (χ2n) is 6.54. The number of nitrogens with one attached hydrogen (secondary N) is 1. The minimum absolute atomic E-state index is 0.106. The molecule has 8 heteroatoms. The van der Waals surface area contributed by atoms with Crippen molar-refractivity contribution in [1.82, 2.24) is 4.90 Å². The van der Waals surface area contributed by atoms with Gasteiger partial charge in [0.15, 0.2) is 5.17 Å². The maximum absolute atomic E-state index is 12.7. The standard InChI is InChI=1S/C21H22ClN3O3S/c1-4-28-16-9-7-14(8-10-16)24-21-25(3)19(26)12-18(29-21)20(27)23-15-6-5-13(2)17(22)11-15/h5-11,18H,4,12H2,1-3H3,(H,23,27)/t18-/m1/s1. The lowest BCUT2D eigenvalue weighted by molar-refractivity contribution is -0.128. The smallest absolute Gasteiger partial charge is 0.238 e. The van der Waals surface area contributed by atoms with Crippen molar-refractivity contribution < 1.29 is 14.3 Å². The van der Waals surface area contributed by atoms with Crippen LogP contribution in [0.3, 0.4) is 0 Å². The number of amides is 2. The number of aliphatic imine (C=N–C) groups is 1. The fraction of sp³-hybridized carbons (Fsp3) is 0.286. The molecule has 0 aromatic heterocycles. The predicted octanol–water partition coefficient (Wildman–Crippen LogP) is 4.64. The second-order valence-corrected chi connectivity index (χ2v) is 8.11. The van der Waals surface area contributed by atoms with Gasteiger partial charge in [-0.05, 0) is 55.8 Å². The van der Waals surface area contributed by atoms with Crippen molar-refractivity contribution in [3.05, 3.63) is 53.1 Å². The van der Waals surface area contributed by atoms with Crippen molar-refractivity contribution in [2.24, 2.45) is 4.99 Å². The molecule has 1 aliphatic rings. The van der Waals surface area contributed by atoms with Gasteiger partial charge in [-0.3, -0.25) is 14.5 Å². The third kappa shape index (κ3) is 5.31. The molecule has 1 fully saturated rings. The van der Waals surface area contributed by atoms with Crippen molar-refractivity contribution >= 4 is 51.7 Å². The van der Waals surface area contributed by atoms with Crippen LogP contribution in [0.1, 0.15) is 18.9 Å². The summed E-state index contributed by atoms with van der Waals surface area (Å²) in [6.45, 7) is 4.40. The Morgan fingerprint density at radius 3 is 2.69 bits per heavy atom. The Kier molecular flexibility index (Phi) is 6.82. The Hall–Kier alpha value is -2.51. The van der Waals surface area contributed by atoms with Crippen LogP contribution >= 0.6 is 23.4 Å². The van der Waals surface area contributed by atoms with E-state index in [-0.39, 0.29) is 18.2 Å². The summed E-state index contributed by atoms with van der Waals surface area (Å²) in [6.07, 6.45) is 0.106. The molecule has 1 aliphatic heterocycles. The zero-order valence-electron chi connectivity index (χ0n) is 16.4. The monoisotopic (exact) mass is 431 g/mol. The molecule has 0 saturated carbocycles. The van der Waals surface area contributed by atoms with E-state index in [2.05, 4.69) is 10.3 Å². The Bertz CT molecular complexity index is 947. The van der Waals surface area contributed by atoms with Gasteiger partial charge in [-0.25, -0.2) is 4.99 Å². The molecule has 0 spiro atoms. The highest BCUT2D eigenvalue weighted by Crippen LogP contribution is 2.30. The lowest BCUT2D eigenvalue weighted by Gasteiger charge is -2.28. The molecule has 1 saturated heterocycles. The first-order valence-electron chi connectivity index (χ1n) is 9.19. The molecule has 1 N–H and O–H groups in total. The SMILES string of the molecule is CCOc1ccc(N=C2S[C@@H](C(=O)Nc3ccc(C)c(Cl)c3)CC(=O)N2C)cc1.